The van der Waals surface area contributed by atoms with Gasteiger partial charge in [-0.2, -0.15) is 0 Å². The summed E-state index contributed by atoms with van der Waals surface area (Å²) >= 11 is 0. The second-order valence-corrected chi connectivity index (χ2v) is 5.22. The SMILES string of the molecule is Cc1ccccc1OCCCC(=O)NCCCN(C)C. The van der Waals surface area contributed by atoms with Crippen LogP contribution in [-0.4, -0.2) is 44.6 Å². The van der Waals surface area contributed by atoms with E-state index in [1.807, 2.05) is 45.3 Å². The number of ether oxygens (including phenoxy) is 1. The Bertz CT molecular complexity index is 405. The normalized spacial score (nSPS) is 10.6. The monoisotopic (exact) mass is 278 g/mol. The van der Waals surface area contributed by atoms with Crippen LogP contribution in [0.1, 0.15) is 24.8 Å². The van der Waals surface area contributed by atoms with Crippen molar-refractivity contribution in [2.24, 2.45) is 0 Å². The van der Waals surface area contributed by atoms with Gasteiger partial charge in [0.1, 0.15) is 5.75 Å². The topological polar surface area (TPSA) is 41.6 Å². The van der Waals surface area contributed by atoms with E-state index in [-0.39, 0.29) is 5.91 Å². The summed E-state index contributed by atoms with van der Waals surface area (Å²) in [5.41, 5.74) is 1.13. The maximum absolute atomic E-state index is 11.6. The smallest absolute Gasteiger partial charge is 0.220 e. The average Bonchev–Trinajstić information content (AvgIpc) is 2.41. The molecule has 112 valence electrons. The Kier molecular flexibility index (Phi) is 7.73. The number of hydrogen-bond donors (Lipinski definition) is 1. The van der Waals surface area contributed by atoms with E-state index in [9.17, 15) is 4.79 Å². The molecule has 1 amide bonds. The van der Waals surface area contributed by atoms with Gasteiger partial charge in [0.05, 0.1) is 6.61 Å². The lowest BCUT2D eigenvalue weighted by Gasteiger charge is -2.10. The molecule has 0 radical (unpaired) electrons. The fourth-order valence-electron chi connectivity index (χ4n) is 1.84. The highest BCUT2D eigenvalue weighted by molar-refractivity contribution is 5.75. The molecule has 0 heterocycles. The minimum absolute atomic E-state index is 0.108. The van der Waals surface area contributed by atoms with Crippen LogP contribution in [0.2, 0.25) is 0 Å². The summed E-state index contributed by atoms with van der Waals surface area (Å²) in [6.45, 7) is 4.34. The maximum atomic E-state index is 11.6. The Morgan fingerprint density at radius 1 is 1.25 bits per heavy atom. The van der Waals surface area contributed by atoms with Crippen LogP contribution in [-0.2, 0) is 4.79 Å². The molecule has 0 aliphatic heterocycles. The molecule has 0 saturated heterocycles. The van der Waals surface area contributed by atoms with Crippen molar-refractivity contribution in [1.29, 1.82) is 0 Å². The summed E-state index contributed by atoms with van der Waals surface area (Å²) in [5, 5.41) is 2.93. The lowest BCUT2D eigenvalue weighted by Crippen LogP contribution is -2.27. The van der Waals surface area contributed by atoms with Gasteiger partial charge in [0, 0.05) is 13.0 Å². The molecule has 0 aliphatic rings. The highest BCUT2D eigenvalue weighted by Crippen LogP contribution is 2.16. The van der Waals surface area contributed by atoms with E-state index in [1.54, 1.807) is 0 Å². The number of hydrogen-bond acceptors (Lipinski definition) is 3. The summed E-state index contributed by atoms with van der Waals surface area (Å²) in [4.78, 5) is 13.7. The first kappa shape index (κ1) is 16.5. The molecule has 1 N–H and O–H groups in total. The second kappa shape index (κ2) is 9.37. The number of aryl methyl sites for hydroxylation is 1. The van der Waals surface area contributed by atoms with Gasteiger partial charge >= 0.3 is 0 Å². The van der Waals surface area contributed by atoms with Crippen LogP contribution in [0.4, 0.5) is 0 Å². The van der Waals surface area contributed by atoms with E-state index in [1.165, 1.54) is 0 Å². The van der Waals surface area contributed by atoms with E-state index >= 15 is 0 Å². The molecule has 20 heavy (non-hydrogen) atoms. The number of nitrogens with zero attached hydrogens (tertiary/aromatic N) is 1. The number of nitrogens with one attached hydrogen (secondary N) is 1. The van der Waals surface area contributed by atoms with Crippen molar-refractivity contribution in [2.75, 3.05) is 33.8 Å². The van der Waals surface area contributed by atoms with Crippen LogP contribution >= 0.6 is 0 Å². The number of para-hydroxylation sites is 1. The van der Waals surface area contributed by atoms with E-state index < -0.39 is 0 Å². The fourth-order valence-corrected chi connectivity index (χ4v) is 1.84. The molecule has 0 aliphatic carbocycles. The van der Waals surface area contributed by atoms with E-state index in [4.69, 9.17) is 4.74 Å². The van der Waals surface area contributed by atoms with Crippen LogP contribution in [0.25, 0.3) is 0 Å². The first-order valence-corrected chi connectivity index (χ1v) is 7.19. The maximum Gasteiger partial charge on any atom is 0.220 e. The van der Waals surface area contributed by atoms with Gasteiger partial charge in [0.2, 0.25) is 5.91 Å². The number of carbonyl (C=O) groups excluding carboxylic acids is 1. The molecular formula is C16H26N2O2. The third kappa shape index (κ3) is 7.14. The third-order valence-electron chi connectivity index (χ3n) is 3.00. The zero-order valence-corrected chi connectivity index (χ0v) is 12.8. The quantitative estimate of drug-likeness (QED) is 0.704. The predicted molar refractivity (Wildman–Crippen MR) is 82.1 cm³/mol. The van der Waals surface area contributed by atoms with Crippen molar-refractivity contribution in [1.82, 2.24) is 10.2 Å². The molecule has 4 heteroatoms. The zero-order valence-electron chi connectivity index (χ0n) is 12.8. The molecule has 4 nitrogen and oxygen atoms in total. The van der Waals surface area contributed by atoms with Gasteiger partial charge in [-0.15, -0.1) is 0 Å². The Labute approximate surface area is 122 Å². The molecule has 0 saturated carbocycles. The number of amides is 1. The van der Waals surface area contributed by atoms with Crippen molar-refractivity contribution >= 4 is 5.91 Å². The van der Waals surface area contributed by atoms with E-state index in [0.717, 1.165) is 37.2 Å². The van der Waals surface area contributed by atoms with Crippen LogP contribution in [0.3, 0.4) is 0 Å². The van der Waals surface area contributed by atoms with Crippen LogP contribution in [0.5, 0.6) is 5.75 Å². The standard InChI is InChI=1S/C16H26N2O2/c1-14-8-4-5-9-15(14)20-13-6-10-16(19)17-11-7-12-18(2)3/h4-5,8-9H,6-7,10-13H2,1-3H3,(H,17,19). The first-order chi connectivity index (χ1) is 9.59. The molecule has 1 aromatic carbocycles. The molecule has 0 unspecified atom stereocenters. The number of carbonyl (C=O) groups is 1. The summed E-state index contributed by atoms with van der Waals surface area (Å²) in [6, 6.07) is 7.92. The Hall–Kier alpha value is -1.55. The summed E-state index contributed by atoms with van der Waals surface area (Å²) in [6.07, 6.45) is 2.25. The van der Waals surface area contributed by atoms with Crippen molar-refractivity contribution < 1.29 is 9.53 Å². The van der Waals surface area contributed by atoms with Gasteiger partial charge in [0.15, 0.2) is 0 Å². The van der Waals surface area contributed by atoms with Crippen molar-refractivity contribution in [2.45, 2.75) is 26.2 Å². The van der Waals surface area contributed by atoms with Gasteiger partial charge in [-0.1, -0.05) is 18.2 Å². The van der Waals surface area contributed by atoms with Gasteiger partial charge in [0.25, 0.3) is 0 Å². The molecule has 0 aromatic heterocycles. The van der Waals surface area contributed by atoms with Crippen LogP contribution < -0.4 is 10.1 Å². The van der Waals surface area contributed by atoms with Crippen LogP contribution in [0, 0.1) is 6.92 Å². The highest BCUT2D eigenvalue weighted by Gasteiger charge is 2.02. The molecule has 1 rings (SSSR count). The molecular weight excluding hydrogens is 252 g/mol. The molecule has 0 bridgehead atoms. The minimum atomic E-state index is 0.108. The molecule has 0 fully saturated rings. The summed E-state index contributed by atoms with van der Waals surface area (Å²) in [5.74, 6) is 1.01. The van der Waals surface area contributed by atoms with E-state index in [2.05, 4.69) is 10.2 Å². The number of benzene rings is 1. The fraction of sp³-hybridized carbons (Fsp3) is 0.562. The summed E-state index contributed by atoms with van der Waals surface area (Å²) in [7, 11) is 4.06. The Morgan fingerprint density at radius 3 is 2.70 bits per heavy atom. The predicted octanol–water partition coefficient (Wildman–Crippen LogP) is 2.22. The lowest BCUT2D eigenvalue weighted by atomic mass is 10.2. The second-order valence-electron chi connectivity index (χ2n) is 5.22. The molecule has 0 spiro atoms. The van der Waals surface area contributed by atoms with Crippen molar-refractivity contribution in [3.63, 3.8) is 0 Å². The number of rotatable bonds is 9. The minimum Gasteiger partial charge on any atom is -0.493 e. The highest BCUT2D eigenvalue weighted by atomic mass is 16.5. The Morgan fingerprint density at radius 2 is 2.00 bits per heavy atom. The zero-order chi connectivity index (χ0) is 14.8. The third-order valence-corrected chi connectivity index (χ3v) is 3.00. The van der Waals surface area contributed by atoms with E-state index in [0.29, 0.717) is 13.0 Å². The Balaban J connectivity index is 2.06. The van der Waals surface area contributed by atoms with Gasteiger partial charge < -0.3 is 15.0 Å². The lowest BCUT2D eigenvalue weighted by molar-refractivity contribution is -0.121. The van der Waals surface area contributed by atoms with Crippen molar-refractivity contribution in [3.05, 3.63) is 29.8 Å². The van der Waals surface area contributed by atoms with Crippen LogP contribution in [0.15, 0.2) is 24.3 Å². The molecule has 1 aromatic rings. The van der Waals surface area contributed by atoms with Gasteiger partial charge in [-0.3, -0.25) is 4.79 Å². The van der Waals surface area contributed by atoms with Crippen molar-refractivity contribution in [3.8, 4) is 5.75 Å². The van der Waals surface area contributed by atoms with Gasteiger partial charge in [-0.25, -0.2) is 0 Å². The first-order valence-electron chi connectivity index (χ1n) is 7.19. The average molecular weight is 278 g/mol. The van der Waals surface area contributed by atoms with Gasteiger partial charge in [-0.05, 0) is 52.0 Å². The largest absolute Gasteiger partial charge is 0.493 e. The molecule has 0 atom stereocenters. The summed E-state index contributed by atoms with van der Waals surface area (Å²) < 4.78 is 5.66.